The second-order valence-electron chi connectivity index (χ2n) is 16.9. The number of phosphoric acid groups is 1. The first-order valence-electron chi connectivity index (χ1n) is 25.7. The van der Waals surface area contributed by atoms with Crippen molar-refractivity contribution < 1.29 is 58.3 Å². The van der Waals surface area contributed by atoms with Crippen molar-refractivity contribution in [2.75, 3.05) is 19.8 Å². The Bertz CT molecular complexity index is 1700. The van der Waals surface area contributed by atoms with Crippen LogP contribution < -0.4 is 0 Å². The lowest BCUT2D eigenvalue weighted by Gasteiger charge is -2.41. The molecule has 0 aliphatic heterocycles. The van der Waals surface area contributed by atoms with Crippen molar-refractivity contribution in [3.63, 3.8) is 0 Å². The Morgan fingerprint density at radius 1 is 0.457 bits per heavy atom. The summed E-state index contributed by atoms with van der Waals surface area (Å²) >= 11 is 0. The summed E-state index contributed by atoms with van der Waals surface area (Å²) in [6.45, 7) is 3.87. The summed E-state index contributed by atoms with van der Waals surface area (Å²) < 4.78 is 34.2. The van der Waals surface area contributed by atoms with E-state index in [1.807, 2.05) is 0 Å². The van der Waals surface area contributed by atoms with Crippen LogP contribution in [0.25, 0.3) is 0 Å². The van der Waals surface area contributed by atoms with E-state index >= 15 is 0 Å². The molecular weight excluding hydrogens is 908 g/mol. The minimum Gasteiger partial charge on any atom is -0.457 e. The van der Waals surface area contributed by atoms with Gasteiger partial charge in [0.15, 0.2) is 0 Å². The van der Waals surface area contributed by atoms with E-state index in [2.05, 4.69) is 160 Å². The van der Waals surface area contributed by atoms with E-state index in [1.165, 1.54) is 0 Å². The topological polar surface area (TPSA) is 192 Å². The molecule has 6 atom stereocenters. The highest BCUT2D eigenvalue weighted by Crippen LogP contribution is 2.47. The molecule has 70 heavy (non-hydrogen) atoms. The van der Waals surface area contributed by atoms with Gasteiger partial charge >= 0.3 is 13.8 Å². The van der Waals surface area contributed by atoms with Crippen LogP contribution in [-0.2, 0) is 27.9 Å². The van der Waals surface area contributed by atoms with Crippen LogP contribution in [0.3, 0.4) is 0 Å². The number of aliphatic hydroxyl groups excluding tert-OH is 5. The van der Waals surface area contributed by atoms with Gasteiger partial charge in [0.2, 0.25) is 0 Å². The molecule has 0 aromatic rings. The van der Waals surface area contributed by atoms with Crippen LogP contribution in [-0.4, -0.2) is 98.9 Å². The zero-order chi connectivity index (χ0) is 51.2. The van der Waals surface area contributed by atoms with Crippen LogP contribution in [0.4, 0.5) is 0 Å². The quantitative estimate of drug-likeness (QED) is 0.0147. The summed E-state index contributed by atoms with van der Waals surface area (Å²) in [7, 11) is -5.06. The number of phosphoric ester groups is 1. The van der Waals surface area contributed by atoms with Crippen molar-refractivity contribution in [1.29, 1.82) is 0 Å². The number of carbonyl (C=O) groups is 1. The van der Waals surface area contributed by atoms with Crippen molar-refractivity contribution in [3.05, 3.63) is 146 Å². The Morgan fingerprint density at radius 3 is 1.19 bits per heavy atom. The summed E-state index contributed by atoms with van der Waals surface area (Å²) in [4.78, 5) is 23.2. The lowest BCUT2D eigenvalue weighted by Crippen LogP contribution is -2.64. The maximum absolute atomic E-state index is 12.9. The molecule has 12 nitrogen and oxygen atoms in total. The van der Waals surface area contributed by atoms with Crippen LogP contribution in [0.15, 0.2) is 146 Å². The zero-order valence-corrected chi connectivity index (χ0v) is 43.1. The first-order chi connectivity index (χ1) is 34.0. The van der Waals surface area contributed by atoms with Gasteiger partial charge in [0.25, 0.3) is 0 Å². The second kappa shape index (κ2) is 45.1. The SMILES string of the molecule is CC/C=C\C/C=C\C/C=C\C/C=C\C/C=C\C/C=C\C/C=C\CCCCOCC(COP(=O)(O)OC1C(O)C(O)C(O)C(O)C1O)OC(=O)CCCCC/C=C\C/C=C\C/C=C\C/C=C\C/C=C\CC. The van der Waals surface area contributed by atoms with Crippen molar-refractivity contribution in [2.45, 2.75) is 185 Å². The summed E-state index contributed by atoms with van der Waals surface area (Å²) in [6, 6.07) is 0. The van der Waals surface area contributed by atoms with E-state index < -0.39 is 63.1 Å². The van der Waals surface area contributed by atoms with E-state index in [0.29, 0.717) is 13.0 Å². The molecular formula is C57H89O12P. The highest BCUT2D eigenvalue weighted by Gasteiger charge is 2.51. The van der Waals surface area contributed by atoms with Gasteiger partial charge < -0.3 is 39.9 Å². The number of esters is 1. The Morgan fingerprint density at radius 2 is 0.800 bits per heavy atom. The molecule has 0 heterocycles. The number of ether oxygens (including phenoxy) is 2. The number of hydrogen-bond acceptors (Lipinski definition) is 11. The summed E-state index contributed by atoms with van der Waals surface area (Å²) in [5.74, 6) is -0.531. The van der Waals surface area contributed by atoms with Crippen LogP contribution >= 0.6 is 7.82 Å². The molecule has 13 heteroatoms. The second-order valence-corrected chi connectivity index (χ2v) is 18.3. The Hall–Kier alpha value is -3.78. The third-order valence-electron chi connectivity index (χ3n) is 10.7. The van der Waals surface area contributed by atoms with Gasteiger partial charge in [0.1, 0.15) is 42.7 Å². The lowest BCUT2D eigenvalue weighted by molar-refractivity contribution is -0.220. The van der Waals surface area contributed by atoms with Gasteiger partial charge in [-0.2, -0.15) is 0 Å². The van der Waals surface area contributed by atoms with Gasteiger partial charge in [-0.1, -0.05) is 166 Å². The first kappa shape index (κ1) is 64.2. The first-order valence-corrected chi connectivity index (χ1v) is 27.2. The molecule has 0 bridgehead atoms. The summed E-state index contributed by atoms with van der Waals surface area (Å²) in [5, 5.41) is 50.3. The fourth-order valence-electron chi connectivity index (χ4n) is 6.71. The van der Waals surface area contributed by atoms with Crippen molar-refractivity contribution >= 4 is 13.8 Å². The Balaban J connectivity index is 2.43. The van der Waals surface area contributed by atoms with Crippen molar-refractivity contribution in [3.8, 4) is 0 Å². The largest absolute Gasteiger partial charge is 0.472 e. The fraction of sp³-hybridized carbons (Fsp3) is 0.561. The van der Waals surface area contributed by atoms with E-state index in [1.54, 1.807) is 0 Å². The van der Waals surface area contributed by atoms with Crippen LogP contribution in [0.2, 0.25) is 0 Å². The third-order valence-corrected chi connectivity index (χ3v) is 11.7. The van der Waals surface area contributed by atoms with E-state index in [4.69, 9.17) is 18.5 Å². The summed E-state index contributed by atoms with van der Waals surface area (Å²) in [6.07, 6.45) is 56.3. The molecule has 1 rings (SSSR count). The predicted octanol–water partition coefficient (Wildman–Crippen LogP) is 11.8. The molecule has 6 N–H and O–H groups in total. The van der Waals surface area contributed by atoms with Crippen LogP contribution in [0.1, 0.15) is 142 Å². The molecule has 0 spiro atoms. The molecule has 1 aliphatic rings. The highest BCUT2D eigenvalue weighted by molar-refractivity contribution is 7.47. The molecule has 394 valence electrons. The van der Waals surface area contributed by atoms with Gasteiger partial charge in [0.05, 0.1) is 13.2 Å². The molecule has 0 radical (unpaired) electrons. The zero-order valence-electron chi connectivity index (χ0n) is 42.2. The average Bonchev–Trinajstić information content (AvgIpc) is 3.35. The Labute approximate surface area is 421 Å². The van der Waals surface area contributed by atoms with Gasteiger partial charge in [-0.25, -0.2) is 4.57 Å². The van der Waals surface area contributed by atoms with Gasteiger partial charge in [0, 0.05) is 13.0 Å². The number of unbranched alkanes of at least 4 members (excludes halogenated alkanes) is 5. The fourth-order valence-corrected chi connectivity index (χ4v) is 7.69. The number of rotatable bonds is 41. The molecule has 0 aromatic carbocycles. The van der Waals surface area contributed by atoms with Crippen LogP contribution in [0.5, 0.6) is 0 Å². The molecule has 0 aromatic heterocycles. The summed E-state index contributed by atoms with van der Waals surface area (Å²) in [5.41, 5.74) is 0. The van der Waals surface area contributed by atoms with Gasteiger partial charge in [-0.05, 0) is 116 Å². The number of carbonyl (C=O) groups excluding carboxylic acids is 1. The molecule has 1 fully saturated rings. The smallest absolute Gasteiger partial charge is 0.457 e. The van der Waals surface area contributed by atoms with E-state index in [-0.39, 0.29) is 13.0 Å². The maximum atomic E-state index is 12.9. The monoisotopic (exact) mass is 997 g/mol. The van der Waals surface area contributed by atoms with E-state index in [9.17, 15) is 39.8 Å². The minimum absolute atomic E-state index is 0.124. The minimum atomic E-state index is -5.06. The Kier molecular flexibility index (Phi) is 41.4. The lowest BCUT2D eigenvalue weighted by atomic mass is 9.85. The molecule has 0 saturated heterocycles. The third kappa shape index (κ3) is 36.2. The molecule has 1 aliphatic carbocycles. The predicted molar refractivity (Wildman–Crippen MR) is 285 cm³/mol. The molecule has 6 unspecified atom stereocenters. The van der Waals surface area contributed by atoms with Gasteiger partial charge in [-0.3, -0.25) is 13.8 Å². The van der Waals surface area contributed by atoms with Crippen molar-refractivity contribution in [1.82, 2.24) is 0 Å². The standard InChI is InChI=1S/C57H89O12P/c1-3-5-7-9-11-13-15-17-19-21-23-24-25-26-27-29-31-33-35-37-39-41-43-45-47-66-48-50(49-67-70(64,65)69-57-55(62)53(60)52(59)54(61)56(57)63)68-51(58)46-44-42-40-38-36-34-32-30-28-22-20-18-16-14-12-10-8-6-4-2/h5-8,11-14,17-20,23-24,26-28,30-31,33-34,36-37,39,50,52-57,59-63H,3-4,9-10,15-16,21-22,25,29,32,35,38,40-49H2,1-2H3,(H,64,65)/b7-5-,8-6-,13-11-,14-12-,19-17-,20-18-,24-23-,27-26-,30-28-,33-31-,36-34-,39-37-. The number of aliphatic hydroxyl groups is 5. The highest BCUT2D eigenvalue weighted by atomic mass is 31.2. The molecule has 0 amide bonds. The van der Waals surface area contributed by atoms with Gasteiger partial charge in [-0.15, -0.1) is 0 Å². The number of allylic oxidation sites excluding steroid dienone is 24. The van der Waals surface area contributed by atoms with E-state index in [0.717, 1.165) is 116 Å². The molecule has 1 saturated carbocycles. The normalized spacial score (nSPS) is 22.1. The number of hydrogen-bond donors (Lipinski definition) is 6. The van der Waals surface area contributed by atoms with Crippen molar-refractivity contribution in [2.24, 2.45) is 0 Å². The van der Waals surface area contributed by atoms with Crippen LogP contribution in [0, 0.1) is 0 Å². The average molecular weight is 997 g/mol. The maximum Gasteiger partial charge on any atom is 0.472 e.